The molecule has 3 heterocycles. The summed E-state index contributed by atoms with van der Waals surface area (Å²) in [4.78, 5) is 19.8. The molecule has 0 bridgehead atoms. The lowest BCUT2D eigenvalue weighted by atomic mass is 9.99. The topological polar surface area (TPSA) is 53.8 Å². The zero-order valence-corrected chi connectivity index (χ0v) is 22.1. The van der Waals surface area contributed by atoms with Gasteiger partial charge in [0.15, 0.2) is 0 Å². The number of rotatable bonds is 9. The van der Waals surface area contributed by atoms with Gasteiger partial charge in [-0.2, -0.15) is 5.10 Å². The van der Waals surface area contributed by atoms with Crippen LogP contribution >= 0.6 is 11.6 Å². The Kier molecular flexibility index (Phi) is 8.64. The summed E-state index contributed by atoms with van der Waals surface area (Å²) in [6.45, 7) is 6.67. The molecule has 0 unspecified atom stereocenters. The van der Waals surface area contributed by atoms with Gasteiger partial charge in [0.1, 0.15) is 12.3 Å². The summed E-state index contributed by atoms with van der Waals surface area (Å²) in [5.41, 5.74) is 2.46. The zero-order chi connectivity index (χ0) is 25.5. The third-order valence-corrected chi connectivity index (χ3v) is 7.61. The average molecular weight is 522 g/mol. The lowest BCUT2D eigenvalue weighted by Crippen LogP contribution is -2.46. The van der Waals surface area contributed by atoms with Gasteiger partial charge in [0.25, 0.3) is 0 Å². The monoisotopic (exact) mass is 521 g/mol. The minimum Gasteiger partial charge on any atom is -0.494 e. The molecule has 3 aromatic rings. The van der Waals surface area contributed by atoms with E-state index >= 15 is 0 Å². The van der Waals surface area contributed by atoms with Crippen LogP contribution < -0.4 is 9.64 Å². The van der Waals surface area contributed by atoms with E-state index in [4.69, 9.17) is 16.3 Å². The van der Waals surface area contributed by atoms with Crippen LogP contribution in [0.2, 0.25) is 5.02 Å². The van der Waals surface area contributed by atoms with Crippen LogP contribution in [0.5, 0.6) is 5.75 Å². The Hall–Kier alpha value is -3.03. The van der Waals surface area contributed by atoms with Crippen LogP contribution in [0, 0.1) is 0 Å². The lowest BCUT2D eigenvalue weighted by molar-refractivity contribution is -0.136. The second kappa shape index (κ2) is 12.5. The summed E-state index contributed by atoms with van der Waals surface area (Å²) < 4.78 is 7.87. The zero-order valence-electron chi connectivity index (χ0n) is 21.3. The van der Waals surface area contributed by atoms with E-state index in [0.29, 0.717) is 13.2 Å². The molecular weight excluding hydrogens is 486 g/mol. The molecule has 2 fully saturated rings. The van der Waals surface area contributed by atoms with Crippen molar-refractivity contribution >= 4 is 23.2 Å². The fourth-order valence-corrected chi connectivity index (χ4v) is 5.58. The summed E-state index contributed by atoms with van der Waals surface area (Å²) in [6.07, 6.45) is 7.67. The van der Waals surface area contributed by atoms with Crippen molar-refractivity contribution in [3.05, 3.63) is 77.6 Å². The molecule has 0 radical (unpaired) electrons. The van der Waals surface area contributed by atoms with Gasteiger partial charge in [0.2, 0.25) is 5.91 Å². The number of ether oxygens (including phenoxy) is 1. The summed E-state index contributed by atoms with van der Waals surface area (Å²) in [5.74, 6) is 1.05. The Morgan fingerprint density at radius 3 is 2.68 bits per heavy atom. The van der Waals surface area contributed by atoms with E-state index in [1.165, 1.54) is 11.3 Å². The molecule has 37 heavy (non-hydrogen) atoms. The number of piperazine rings is 1. The summed E-state index contributed by atoms with van der Waals surface area (Å²) in [6, 6.07) is 18.6. The van der Waals surface area contributed by atoms with Crippen molar-refractivity contribution in [3.63, 3.8) is 0 Å². The molecule has 2 saturated heterocycles. The number of aromatic nitrogens is 2. The molecule has 0 spiro atoms. The molecule has 5 rings (SSSR count). The first-order valence-corrected chi connectivity index (χ1v) is 13.7. The molecule has 1 aromatic heterocycles. The largest absolute Gasteiger partial charge is 0.494 e. The Balaban J connectivity index is 1.08. The number of hydrogen-bond donors (Lipinski definition) is 0. The van der Waals surface area contributed by atoms with E-state index in [2.05, 4.69) is 39.2 Å². The third-order valence-electron chi connectivity index (χ3n) is 7.37. The number of anilines is 1. The molecule has 8 heteroatoms. The maximum atomic E-state index is 12.9. The van der Waals surface area contributed by atoms with E-state index in [1.54, 1.807) is 10.9 Å². The van der Waals surface area contributed by atoms with Gasteiger partial charge >= 0.3 is 0 Å². The van der Waals surface area contributed by atoms with E-state index in [0.717, 1.165) is 75.7 Å². The molecule has 0 aliphatic carbocycles. The second-order valence-electron chi connectivity index (χ2n) is 9.97. The van der Waals surface area contributed by atoms with E-state index in [1.807, 2.05) is 41.4 Å². The van der Waals surface area contributed by atoms with Crippen molar-refractivity contribution in [1.29, 1.82) is 0 Å². The molecule has 0 N–H and O–H groups in total. The van der Waals surface area contributed by atoms with Gasteiger partial charge in [-0.15, -0.1) is 0 Å². The van der Waals surface area contributed by atoms with Crippen LogP contribution in [0.1, 0.15) is 31.2 Å². The molecule has 196 valence electrons. The molecular formula is C29H36ClN5O2. The maximum absolute atomic E-state index is 12.9. The SMILES string of the molecule is O=C(Cn1cccn1)N1CCCC[C@@H]1CCOc1cccc(CN2CCN(c3cccc(Cl)c3)CC2)c1. The number of halogens is 1. The number of carbonyl (C=O) groups excluding carboxylic acids is 1. The first-order valence-electron chi connectivity index (χ1n) is 13.4. The number of amides is 1. The van der Waals surface area contributed by atoms with Crippen LogP contribution in [0.25, 0.3) is 0 Å². The van der Waals surface area contributed by atoms with Gasteiger partial charge < -0.3 is 14.5 Å². The molecule has 0 saturated carbocycles. The Morgan fingerprint density at radius 2 is 1.86 bits per heavy atom. The van der Waals surface area contributed by atoms with Crippen LogP contribution in [0.4, 0.5) is 5.69 Å². The number of nitrogens with zero attached hydrogens (tertiary/aromatic N) is 5. The lowest BCUT2D eigenvalue weighted by Gasteiger charge is -2.36. The predicted molar refractivity (Wildman–Crippen MR) is 147 cm³/mol. The van der Waals surface area contributed by atoms with Crippen molar-refractivity contribution in [2.45, 2.75) is 44.8 Å². The third kappa shape index (κ3) is 7.05. The quantitative estimate of drug-likeness (QED) is 0.408. The highest BCUT2D eigenvalue weighted by molar-refractivity contribution is 6.30. The van der Waals surface area contributed by atoms with Gasteiger partial charge in [-0.05, 0) is 61.2 Å². The Bertz CT molecular complexity index is 1150. The molecule has 2 aliphatic heterocycles. The van der Waals surface area contributed by atoms with E-state index in [-0.39, 0.29) is 11.9 Å². The number of piperidine rings is 1. The minimum atomic E-state index is 0.144. The number of benzene rings is 2. The van der Waals surface area contributed by atoms with Crippen molar-refractivity contribution in [2.75, 3.05) is 44.2 Å². The van der Waals surface area contributed by atoms with Crippen LogP contribution in [0.3, 0.4) is 0 Å². The predicted octanol–water partition coefficient (Wildman–Crippen LogP) is 4.71. The van der Waals surface area contributed by atoms with Crippen LogP contribution in [-0.2, 0) is 17.9 Å². The molecule has 2 aromatic carbocycles. The standard InChI is InChI=1S/C29H36ClN5O2/c30-25-7-4-9-27(21-25)33-17-15-32(16-18-33)22-24-6-3-10-28(20-24)37-19-11-26-8-1-2-14-35(26)29(36)23-34-13-5-12-31-34/h3-7,9-10,12-13,20-21,26H,1-2,8,11,14-19,22-23H2/t26-/m1/s1. The van der Waals surface area contributed by atoms with Crippen molar-refractivity contribution in [2.24, 2.45) is 0 Å². The van der Waals surface area contributed by atoms with Crippen LogP contribution in [-0.4, -0.2) is 70.9 Å². The fourth-order valence-electron chi connectivity index (χ4n) is 5.39. The smallest absolute Gasteiger partial charge is 0.244 e. The van der Waals surface area contributed by atoms with Crippen molar-refractivity contribution < 1.29 is 9.53 Å². The Morgan fingerprint density at radius 1 is 1.00 bits per heavy atom. The molecule has 2 aliphatic rings. The summed E-state index contributed by atoms with van der Waals surface area (Å²) in [7, 11) is 0. The van der Waals surface area contributed by atoms with Gasteiger partial charge in [-0.25, -0.2) is 0 Å². The number of hydrogen-bond acceptors (Lipinski definition) is 5. The van der Waals surface area contributed by atoms with Gasteiger partial charge in [0.05, 0.1) is 6.61 Å². The fraction of sp³-hybridized carbons (Fsp3) is 0.448. The average Bonchev–Trinajstić information content (AvgIpc) is 3.43. The van der Waals surface area contributed by atoms with Crippen LogP contribution in [0.15, 0.2) is 67.0 Å². The minimum absolute atomic E-state index is 0.144. The normalized spacial score (nSPS) is 18.7. The van der Waals surface area contributed by atoms with Gasteiger partial charge in [-0.3, -0.25) is 14.4 Å². The maximum Gasteiger partial charge on any atom is 0.244 e. The highest BCUT2D eigenvalue weighted by Crippen LogP contribution is 2.23. The van der Waals surface area contributed by atoms with E-state index < -0.39 is 0 Å². The number of likely N-dealkylation sites (tertiary alicyclic amines) is 1. The second-order valence-corrected chi connectivity index (χ2v) is 10.4. The first kappa shape index (κ1) is 25.6. The summed E-state index contributed by atoms with van der Waals surface area (Å²) >= 11 is 6.17. The highest BCUT2D eigenvalue weighted by Gasteiger charge is 2.26. The summed E-state index contributed by atoms with van der Waals surface area (Å²) in [5, 5.41) is 4.97. The van der Waals surface area contributed by atoms with Crippen molar-refractivity contribution in [3.8, 4) is 5.75 Å². The molecule has 1 amide bonds. The molecule has 1 atom stereocenters. The Labute approximate surface area is 224 Å². The highest BCUT2D eigenvalue weighted by atomic mass is 35.5. The van der Waals surface area contributed by atoms with E-state index in [9.17, 15) is 4.79 Å². The van der Waals surface area contributed by atoms with Gasteiger partial charge in [-0.1, -0.05) is 29.8 Å². The first-order chi connectivity index (χ1) is 18.1. The number of carbonyl (C=O) groups is 1. The van der Waals surface area contributed by atoms with Gasteiger partial charge in [0, 0.05) is 74.8 Å². The molecule has 7 nitrogen and oxygen atoms in total. The van der Waals surface area contributed by atoms with Crippen molar-refractivity contribution in [1.82, 2.24) is 19.6 Å².